The number of pyridine rings is 1. The van der Waals surface area contributed by atoms with Crippen LogP contribution < -0.4 is 4.74 Å². The van der Waals surface area contributed by atoms with Crippen LogP contribution in [0.1, 0.15) is 15.9 Å². The molecule has 0 aliphatic rings. The molecule has 4 rings (SSSR count). The van der Waals surface area contributed by atoms with Gasteiger partial charge in [0.15, 0.2) is 5.78 Å². The molecule has 0 aliphatic carbocycles. The number of benzene rings is 3. The van der Waals surface area contributed by atoms with Crippen LogP contribution in [0.15, 0.2) is 66.7 Å². The predicted molar refractivity (Wildman–Crippen MR) is 95.6 cm³/mol. The van der Waals surface area contributed by atoms with Crippen LogP contribution in [0.4, 0.5) is 4.39 Å². The third kappa shape index (κ3) is 2.62. The number of hydrogen-bond donors (Lipinski definition) is 0. The molecule has 0 aliphatic heterocycles. The van der Waals surface area contributed by atoms with E-state index in [2.05, 4.69) is 4.98 Å². The van der Waals surface area contributed by atoms with Crippen molar-refractivity contribution in [1.82, 2.24) is 4.98 Å². The second kappa shape index (κ2) is 5.98. The first kappa shape index (κ1) is 15.3. The first-order valence-electron chi connectivity index (χ1n) is 7.84. The molecule has 3 aromatic carbocycles. The summed E-state index contributed by atoms with van der Waals surface area (Å²) in [7, 11) is 1.58. The molecule has 122 valence electrons. The third-order valence-corrected chi connectivity index (χ3v) is 4.23. The number of carbonyl (C=O) groups excluding carboxylic acids is 1. The molecule has 0 spiro atoms. The normalized spacial score (nSPS) is 11.0. The fourth-order valence-corrected chi connectivity index (χ4v) is 2.93. The highest BCUT2D eigenvalue weighted by Crippen LogP contribution is 2.26. The van der Waals surface area contributed by atoms with E-state index in [1.165, 1.54) is 6.07 Å². The van der Waals surface area contributed by atoms with Crippen LogP contribution in [0.2, 0.25) is 0 Å². The molecular formula is C21H14FNO2. The average molecular weight is 331 g/mol. The Morgan fingerprint density at radius 2 is 1.76 bits per heavy atom. The smallest absolute Gasteiger partial charge is 0.195 e. The number of fused-ring (bicyclic) bond motifs is 2. The van der Waals surface area contributed by atoms with Gasteiger partial charge in [0.05, 0.1) is 18.1 Å². The van der Waals surface area contributed by atoms with Crippen LogP contribution in [-0.2, 0) is 0 Å². The fraction of sp³-hybridized carbons (Fsp3) is 0.0476. The molecule has 1 aromatic heterocycles. The number of ketones is 1. The minimum atomic E-state index is -0.321. The monoisotopic (exact) mass is 331 g/mol. The van der Waals surface area contributed by atoms with Crippen molar-refractivity contribution in [2.24, 2.45) is 0 Å². The number of ether oxygens (including phenoxy) is 1. The van der Waals surface area contributed by atoms with E-state index in [4.69, 9.17) is 4.74 Å². The number of methoxy groups -OCH3 is 1. The lowest BCUT2D eigenvalue weighted by atomic mass is 9.99. The Morgan fingerprint density at radius 1 is 1.00 bits per heavy atom. The summed E-state index contributed by atoms with van der Waals surface area (Å²) in [4.78, 5) is 17.4. The van der Waals surface area contributed by atoms with Gasteiger partial charge in [-0.05, 0) is 48.5 Å². The van der Waals surface area contributed by atoms with Crippen molar-refractivity contribution in [2.45, 2.75) is 0 Å². The highest BCUT2D eigenvalue weighted by atomic mass is 19.1. The number of carbonyl (C=O) groups is 1. The minimum absolute atomic E-state index is 0.128. The number of rotatable bonds is 3. The quantitative estimate of drug-likeness (QED) is 0.401. The number of para-hydroxylation sites is 1. The molecule has 0 N–H and O–H groups in total. The minimum Gasteiger partial charge on any atom is -0.497 e. The van der Waals surface area contributed by atoms with Crippen LogP contribution in [0, 0.1) is 5.82 Å². The zero-order chi connectivity index (χ0) is 17.4. The van der Waals surface area contributed by atoms with Gasteiger partial charge in [0, 0.05) is 21.9 Å². The van der Waals surface area contributed by atoms with E-state index < -0.39 is 0 Å². The van der Waals surface area contributed by atoms with E-state index in [1.54, 1.807) is 61.7 Å². The number of halogens is 1. The largest absolute Gasteiger partial charge is 0.497 e. The highest BCUT2D eigenvalue weighted by molar-refractivity contribution is 6.16. The maximum Gasteiger partial charge on any atom is 0.195 e. The molecule has 0 fully saturated rings. The molecule has 0 amide bonds. The predicted octanol–water partition coefficient (Wildman–Crippen LogP) is 4.77. The Morgan fingerprint density at radius 3 is 2.52 bits per heavy atom. The molecule has 4 heteroatoms. The van der Waals surface area contributed by atoms with Crippen molar-refractivity contribution in [3.05, 3.63) is 83.7 Å². The Kier molecular flexibility index (Phi) is 3.65. The molecule has 0 saturated carbocycles. The summed E-state index contributed by atoms with van der Waals surface area (Å²) >= 11 is 0. The lowest BCUT2D eigenvalue weighted by Crippen LogP contribution is -2.03. The summed E-state index contributed by atoms with van der Waals surface area (Å²) in [6, 6.07) is 18.8. The van der Waals surface area contributed by atoms with Crippen LogP contribution in [0.25, 0.3) is 21.8 Å². The lowest BCUT2D eigenvalue weighted by Gasteiger charge is -2.08. The Hall–Kier alpha value is -3.27. The Bertz CT molecular complexity index is 1100. The van der Waals surface area contributed by atoms with E-state index in [0.29, 0.717) is 33.3 Å². The zero-order valence-electron chi connectivity index (χ0n) is 13.5. The molecule has 3 nitrogen and oxygen atoms in total. The summed E-state index contributed by atoms with van der Waals surface area (Å²) in [6.07, 6.45) is 0. The molecule has 25 heavy (non-hydrogen) atoms. The maximum atomic E-state index is 14.0. The average Bonchev–Trinajstić information content (AvgIpc) is 2.66. The molecule has 0 radical (unpaired) electrons. The van der Waals surface area contributed by atoms with Crippen molar-refractivity contribution in [2.75, 3.05) is 7.11 Å². The van der Waals surface area contributed by atoms with Gasteiger partial charge in [-0.3, -0.25) is 4.79 Å². The van der Waals surface area contributed by atoms with Crippen molar-refractivity contribution >= 4 is 27.6 Å². The van der Waals surface area contributed by atoms with Crippen molar-refractivity contribution < 1.29 is 13.9 Å². The van der Waals surface area contributed by atoms with Gasteiger partial charge < -0.3 is 4.74 Å². The van der Waals surface area contributed by atoms with Gasteiger partial charge in [-0.1, -0.05) is 18.2 Å². The maximum absolute atomic E-state index is 14.0. The summed E-state index contributed by atoms with van der Waals surface area (Å²) in [5.41, 5.74) is 2.15. The SMILES string of the molecule is COc1ccc(C(=O)c2cccc3cc4c(F)cccc4nc23)cc1. The first-order valence-corrected chi connectivity index (χ1v) is 7.84. The second-order valence-electron chi connectivity index (χ2n) is 5.73. The zero-order valence-corrected chi connectivity index (χ0v) is 13.5. The van der Waals surface area contributed by atoms with Gasteiger partial charge in [0.2, 0.25) is 0 Å². The Labute approximate surface area is 143 Å². The van der Waals surface area contributed by atoms with Crippen molar-refractivity contribution in [1.29, 1.82) is 0 Å². The second-order valence-corrected chi connectivity index (χ2v) is 5.73. The van der Waals surface area contributed by atoms with E-state index in [1.807, 2.05) is 6.07 Å². The van der Waals surface area contributed by atoms with E-state index >= 15 is 0 Å². The van der Waals surface area contributed by atoms with Crippen molar-refractivity contribution in [3.63, 3.8) is 0 Å². The van der Waals surface area contributed by atoms with Crippen LogP contribution in [0.5, 0.6) is 5.75 Å². The fourth-order valence-electron chi connectivity index (χ4n) is 2.93. The summed E-state index contributed by atoms with van der Waals surface area (Å²) in [6.45, 7) is 0. The van der Waals surface area contributed by atoms with Crippen LogP contribution in [-0.4, -0.2) is 17.9 Å². The first-order chi connectivity index (χ1) is 12.2. The molecule has 0 saturated heterocycles. The third-order valence-electron chi connectivity index (χ3n) is 4.23. The molecule has 0 atom stereocenters. The van der Waals surface area contributed by atoms with Gasteiger partial charge in [0.1, 0.15) is 11.6 Å². The van der Waals surface area contributed by atoms with E-state index in [9.17, 15) is 9.18 Å². The van der Waals surface area contributed by atoms with Crippen LogP contribution in [0.3, 0.4) is 0 Å². The molecule has 0 bridgehead atoms. The number of aromatic nitrogens is 1. The van der Waals surface area contributed by atoms with Crippen molar-refractivity contribution in [3.8, 4) is 5.75 Å². The van der Waals surface area contributed by atoms with Gasteiger partial charge in [0.25, 0.3) is 0 Å². The van der Waals surface area contributed by atoms with E-state index in [-0.39, 0.29) is 11.6 Å². The molecule has 1 heterocycles. The number of hydrogen-bond acceptors (Lipinski definition) is 3. The molecular weight excluding hydrogens is 317 g/mol. The summed E-state index contributed by atoms with van der Waals surface area (Å²) in [5.74, 6) is 0.240. The van der Waals surface area contributed by atoms with Gasteiger partial charge in [-0.25, -0.2) is 9.37 Å². The van der Waals surface area contributed by atoms with Gasteiger partial charge >= 0.3 is 0 Å². The van der Waals surface area contributed by atoms with Gasteiger partial charge in [-0.2, -0.15) is 0 Å². The highest BCUT2D eigenvalue weighted by Gasteiger charge is 2.15. The standard InChI is InChI=1S/C21H14FNO2/c1-25-15-10-8-13(9-11-15)21(24)16-5-2-4-14-12-17-18(22)6-3-7-19(17)23-20(14)16/h2-12H,1H3. The lowest BCUT2D eigenvalue weighted by molar-refractivity contribution is 0.104. The molecule has 0 unspecified atom stereocenters. The summed E-state index contributed by atoms with van der Waals surface area (Å²) in [5, 5.41) is 1.18. The van der Waals surface area contributed by atoms with E-state index in [0.717, 1.165) is 5.39 Å². The molecule has 4 aromatic rings. The number of nitrogens with zero attached hydrogens (tertiary/aromatic N) is 1. The van der Waals surface area contributed by atoms with Gasteiger partial charge in [-0.15, -0.1) is 0 Å². The summed E-state index contributed by atoms with van der Waals surface area (Å²) < 4.78 is 19.1. The topological polar surface area (TPSA) is 39.2 Å². The van der Waals surface area contributed by atoms with Crippen LogP contribution >= 0.6 is 0 Å². The Balaban J connectivity index is 1.90.